The molecule has 2 heterocycles. The number of ether oxygens (including phenoxy) is 1. The number of hydrogen-bond donors (Lipinski definition) is 2. The number of sulfonamides is 1. The fourth-order valence-corrected chi connectivity index (χ4v) is 3.37. The van der Waals surface area contributed by atoms with E-state index in [1.165, 1.54) is 4.68 Å². The van der Waals surface area contributed by atoms with Crippen LogP contribution < -0.4 is 10.0 Å². The molecule has 2 aromatic heterocycles. The minimum Gasteiger partial charge on any atom is -0.444 e. The van der Waals surface area contributed by atoms with Gasteiger partial charge in [-0.3, -0.25) is 10.0 Å². The molecule has 3 aromatic rings. The number of hydrogen-bond acceptors (Lipinski definition) is 7. The average molecular weight is 430 g/mol. The smallest absolute Gasteiger partial charge is 0.413 e. The van der Waals surface area contributed by atoms with Crippen molar-refractivity contribution in [2.45, 2.75) is 20.5 Å². The fraction of sp³-hybridized carbons (Fsp3) is 0.263. The van der Waals surface area contributed by atoms with Gasteiger partial charge in [-0.1, -0.05) is 35.0 Å². The Kier molecular flexibility index (Phi) is 6.01. The Balaban J connectivity index is 1.76. The van der Waals surface area contributed by atoms with Gasteiger partial charge in [0.1, 0.15) is 6.61 Å². The molecule has 0 atom stereocenters. The molecular formula is C19H22N6O4S. The highest BCUT2D eigenvalue weighted by Gasteiger charge is 2.18. The van der Waals surface area contributed by atoms with Gasteiger partial charge in [-0.15, -0.1) is 5.10 Å². The maximum Gasteiger partial charge on any atom is 0.413 e. The van der Waals surface area contributed by atoms with Crippen molar-refractivity contribution in [3.8, 4) is 11.4 Å². The molecule has 11 heteroatoms. The number of nitrogens with one attached hydrogen (secondary N) is 2. The minimum atomic E-state index is -3.42. The van der Waals surface area contributed by atoms with Gasteiger partial charge in [0.25, 0.3) is 0 Å². The monoisotopic (exact) mass is 430 g/mol. The van der Waals surface area contributed by atoms with Gasteiger partial charge in [0.2, 0.25) is 10.0 Å². The lowest BCUT2D eigenvalue weighted by Gasteiger charge is -2.10. The zero-order valence-electron chi connectivity index (χ0n) is 17.0. The Morgan fingerprint density at radius 2 is 1.97 bits per heavy atom. The summed E-state index contributed by atoms with van der Waals surface area (Å²) in [7, 11) is -1.80. The summed E-state index contributed by atoms with van der Waals surface area (Å²) in [6.07, 6.45) is 0.406. The Morgan fingerprint density at radius 3 is 2.63 bits per heavy atom. The first-order chi connectivity index (χ1) is 14.1. The summed E-state index contributed by atoms with van der Waals surface area (Å²) < 4.78 is 32.0. The molecule has 30 heavy (non-hydrogen) atoms. The van der Waals surface area contributed by atoms with Gasteiger partial charge < -0.3 is 4.74 Å². The Morgan fingerprint density at radius 1 is 1.20 bits per heavy atom. The molecule has 0 fully saturated rings. The van der Waals surface area contributed by atoms with E-state index in [9.17, 15) is 13.2 Å². The predicted molar refractivity (Wildman–Crippen MR) is 112 cm³/mol. The van der Waals surface area contributed by atoms with Crippen LogP contribution in [0.5, 0.6) is 0 Å². The molecule has 0 saturated carbocycles. The summed E-state index contributed by atoms with van der Waals surface area (Å²) in [6, 6.07) is 10.8. The lowest BCUT2D eigenvalue weighted by atomic mass is 10.1. The van der Waals surface area contributed by atoms with E-state index in [0.29, 0.717) is 28.6 Å². The Bertz CT molecular complexity index is 1190. The number of aromatic nitrogens is 4. The van der Waals surface area contributed by atoms with Crippen LogP contribution in [0.4, 0.5) is 16.3 Å². The number of amides is 1. The molecule has 0 aliphatic heterocycles. The summed E-state index contributed by atoms with van der Waals surface area (Å²) in [4.78, 5) is 16.7. The predicted octanol–water partition coefficient (Wildman–Crippen LogP) is 2.61. The highest BCUT2D eigenvalue weighted by atomic mass is 32.2. The zero-order chi connectivity index (χ0) is 21.9. The van der Waals surface area contributed by atoms with E-state index in [2.05, 4.69) is 25.3 Å². The minimum absolute atomic E-state index is 0.122. The molecule has 158 valence electrons. The molecule has 0 aliphatic carbocycles. The normalized spacial score (nSPS) is 11.2. The number of pyridine rings is 1. The van der Waals surface area contributed by atoms with Crippen LogP contribution in [0.2, 0.25) is 0 Å². The number of benzene rings is 1. The molecular weight excluding hydrogens is 408 g/mol. The van der Waals surface area contributed by atoms with Crippen LogP contribution in [0.15, 0.2) is 36.4 Å². The number of carbonyl (C=O) groups excluding carboxylic acids is 1. The summed E-state index contributed by atoms with van der Waals surface area (Å²) in [5, 5.41) is 10.6. The van der Waals surface area contributed by atoms with Crippen molar-refractivity contribution in [2.24, 2.45) is 7.05 Å². The molecule has 3 rings (SSSR count). The van der Waals surface area contributed by atoms with Gasteiger partial charge in [-0.05, 0) is 31.5 Å². The quantitative estimate of drug-likeness (QED) is 0.615. The van der Waals surface area contributed by atoms with Crippen molar-refractivity contribution in [3.05, 3.63) is 53.2 Å². The molecule has 10 nitrogen and oxygen atoms in total. The summed E-state index contributed by atoms with van der Waals surface area (Å²) >= 11 is 0. The van der Waals surface area contributed by atoms with Crippen molar-refractivity contribution >= 4 is 27.6 Å². The van der Waals surface area contributed by atoms with Crippen molar-refractivity contribution in [3.63, 3.8) is 0 Å². The van der Waals surface area contributed by atoms with E-state index in [1.54, 1.807) is 26.1 Å². The molecule has 0 unspecified atom stereocenters. The second-order valence-corrected chi connectivity index (χ2v) is 8.55. The molecule has 2 N–H and O–H groups in total. The molecule has 1 aromatic carbocycles. The van der Waals surface area contributed by atoms with Crippen molar-refractivity contribution in [1.82, 2.24) is 20.0 Å². The summed E-state index contributed by atoms with van der Waals surface area (Å²) in [6.45, 7) is 3.75. The molecule has 0 radical (unpaired) electrons. The van der Waals surface area contributed by atoms with Gasteiger partial charge in [-0.2, -0.15) is 0 Å². The zero-order valence-corrected chi connectivity index (χ0v) is 17.8. The molecule has 0 bridgehead atoms. The summed E-state index contributed by atoms with van der Waals surface area (Å²) in [5.74, 6) is 0.306. The second-order valence-electron chi connectivity index (χ2n) is 6.80. The first kappa shape index (κ1) is 21.2. The topological polar surface area (TPSA) is 128 Å². The highest BCUT2D eigenvalue weighted by Crippen LogP contribution is 2.26. The van der Waals surface area contributed by atoms with Crippen LogP contribution in [0.25, 0.3) is 11.4 Å². The summed E-state index contributed by atoms with van der Waals surface area (Å²) in [5.41, 5.74) is 3.52. The average Bonchev–Trinajstić information content (AvgIpc) is 3.01. The van der Waals surface area contributed by atoms with Gasteiger partial charge in [0.05, 0.1) is 23.3 Å². The van der Waals surface area contributed by atoms with Crippen LogP contribution in [0.1, 0.15) is 16.8 Å². The highest BCUT2D eigenvalue weighted by molar-refractivity contribution is 7.92. The van der Waals surface area contributed by atoms with Gasteiger partial charge in [0.15, 0.2) is 11.5 Å². The van der Waals surface area contributed by atoms with Crippen molar-refractivity contribution in [2.75, 3.05) is 16.3 Å². The molecule has 0 saturated heterocycles. The molecule has 0 aliphatic rings. The maximum atomic E-state index is 12.3. The van der Waals surface area contributed by atoms with E-state index in [-0.39, 0.29) is 6.61 Å². The van der Waals surface area contributed by atoms with Gasteiger partial charge in [-0.25, -0.2) is 22.9 Å². The van der Waals surface area contributed by atoms with E-state index in [1.807, 2.05) is 31.2 Å². The number of aryl methyl sites for hydroxylation is 3. The van der Waals surface area contributed by atoms with Crippen LogP contribution >= 0.6 is 0 Å². The largest absolute Gasteiger partial charge is 0.444 e. The number of anilines is 2. The number of rotatable bonds is 6. The first-order valence-corrected chi connectivity index (χ1v) is 10.9. The Hall–Kier alpha value is -3.47. The molecule has 0 spiro atoms. The fourth-order valence-electron chi connectivity index (χ4n) is 2.75. The second kappa shape index (κ2) is 8.49. The van der Waals surface area contributed by atoms with Crippen LogP contribution in [0.3, 0.4) is 0 Å². The van der Waals surface area contributed by atoms with Crippen LogP contribution in [0, 0.1) is 13.8 Å². The van der Waals surface area contributed by atoms with Crippen LogP contribution in [-0.2, 0) is 28.4 Å². The number of carbonyl (C=O) groups is 1. The van der Waals surface area contributed by atoms with E-state index < -0.39 is 16.1 Å². The van der Waals surface area contributed by atoms with E-state index in [4.69, 9.17) is 4.74 Å². The third-order valence-electron chi connectivity index (χ3n) is 4.12. The maximum absolute atomic E-state index is 12.3. The van der Waals surface area contributed by atoms with Crippen molar-refractivity contribution < 1.29 is 17.9 Å². The van der Waals surface area contributed by atoms with Crippen LogP contribution in [-0.4, -0.2) is 40.7 Å². The van der Waals surface area contributed by atoms with Gasteiger partial charge in [0, 0.05) is 7.05 Å². The van der Waals surface area contributed by atoms with E-state index >= 15 is 0 Å². The third-order valence-corrected chi connectivity index (χ3v) is 4.71. The lowest BCUT2D eigenvalue weighted by Crippen LogP contribution is -2.16. The standard InChI is InChI=1S/C19H22N6O4S/c1-12-6-5-7-14(10-12)11-29-19(26)21-18-17(22-24-25(18)3)16-9-8-15(13(2)20-16)23-30(4,27)28/h5-10,23H,11H2,1-4H3,(H,21,26). The number of nitrogens with zero attached hydrogens (tertiary/aromatic N) is 4. The third kappa shape index (κ3) is 5.32. The van der Waals surface area contributed by atoms with E-state index in [0.717, 1.165) is 17.4 Å². The lowest BCUT2D eigenvalue weighted by molar-refractivity contribution is 0.155. The Labute approximate surface area is 174 Å². The molecule has 1 amide bonds. The SMILES string of the molecule is Cc1cccc(COC(=O)Nc2c(-c3ccc(NS(C)(=O)=O)c(C)n3)nnn2C)c1. The van der Waals surface area contributed by atoms with Crippen molar-refractivity contribution in [1.29, 1.82) is 0 Å². The van der Waals surface area contributed by atoms with Gasteiger partial charge >= 0.3 is 6.09 Å². The first-order valence-electron chi connectivity index (χ1n) is 8.97.